The van der Waals surface area contributed by atoms with Crippen LogP contribution in [0.3, 0.4) is 0 Å². The van der Waals surface area contributed by atoms with Crippen LogP contribution >= 0.6 is 35.0 Å². The Balaban J connectivity index is 2.27. The number of rotatable bonds is 1. The number of carbonyl (C=O) groups excluding carboxylic acids is 1. The zero-order valence-corrected chi connectivity index (χ0v) is 10.3. The van der Waals surface area contributed by atoms with Gasteiger partial charge in [-0.15, -0.1) is 11.8 Å². The van der Waals surface area contributed by atoms with Crippen LogP contribution in [0.1, 0.15) is 17.9 Å². The molecule has 1 heterocycles. The van der Waals surface area contributed by atoms with Gasteiger partial charge in [0.05, 0.1) is 5.25 Å². The molecule has 1 fully saturated rings. The summed E-state index contributed by atoms with van der Waals surface area (Å²) >= 11 is 13.4. The van der Waals surface area contributed by atoms with Crippen molar-refractivity contribution in [3.63, 3.8) is 0 Å². The molecule has 0 unspecified atom stereocenters. The number of hydrogen-bond acceptors (Lipinski definition) is 2. The molecule has 1 aromatic rings. The van der Waals surface area contributed by atoms with Crippen molar-refractivity contribution in [2.75, 3.05) is 0 Å². The predicted octanol–water partition coefficient (Wildman–Crippen LogP) is 3.24. The van der Waals surface area contributed by atoms with Crippen molar-refractivity contribution >= 4 is 40.9 Å². The van der Waals surface area contributed by atoms with Gasteiger partial charge < -0.3 is 5.32 Å². The van der Waals surface area contributed by atoms with Crippen molar-refractivity contribution in [1.29, 1.82) is 0 Å². The molecule has 2 nitrogen and oxygen atoms in total. The lowest BCUT2D eigenvalue weighted by molar-refractivity contribution is -0.119. The van der Waals surface area contributed by atoms with E-state index in [2.05, 4.69) is 5.32 Å². The molecule has 1 amide bonds. The second-order valence-electron chi connectivity index (χ2n) is 3.33. The normalized spacial score (nSPS) is 25.4. The lowest BCUT2D eigenvalue weighted by Crippen LogP contribution is -2.22. The van der Waals surface area contributed by atoms with Crippen LogP contribution in [-0.4, -0.2) is 11.2 Å². The van der Waals surface area contributed by atoms with Crippen LogP contribution in [0.25, 0.3) is 0 Å². The van der Waals surface area contributed by atoms with Crippen molar-refractivity contribution < 1.29 is 4.79 Å². The summed E-state index contributed by atoms with van der Waals surface area (Å²) in [5.74, 6) is 0.0519. The highest BCUT2D eigenvalue weighted by Gasteiger charge is 2.31. The average molecular weight is 262 g/mol. The third-order valence-corrected chi connectivity index (χ3v) is 4.06. The molecule has 0 radical (unpaired) electrons. The minimum absolute atomic E-state index is 0.0262. The number of hydrogen-bond donors (Lipinski definition) is 1. The van der Waals surface area contributed by atoms with E-state index < -0.39 is 0 Å². The Morgan fingerprint density at radius 1 is 1.40 bits per heavy atom. The Morgan fingerprint density at radius 3 is 2.67 bits per heavy atom. The van der Waals surface area contributed by atoms with E-state index in [9.17, 15) is 4.79 Å². The summed E-state index contributed by atoms with van der Waals surface area (Å²) in [5.41, 5.74) is 0.906. The van der Waals surface area contributed by atoms with Gasteiger partial charge in [0, 0.05) is 15.6 Å². The summed E-state index contributed by atoms with van der Waals surface area (Å²) in [6, 6.07) is 5.31. The van der Waals surface area contributed by atoms with Gasteiger partial charge in [0.15, 0.2) is 0 Å². The summed E-state index contributed by atoms with van der Waals surface area (Å²) in [5, 5.41) is 3.99. The van der Waals surface area contributed by atoms with Crippen LogP contribution in [-0.2, 0) is 4.79 Å². The monoisotopic (exact) mass is 261 g/mol. The van der Waals surface area contributed by atoms with Gasteiger partial charge in [0.1, 0.15) is 5.37 Å². The van der Waals surface area contributed by atoms with Gasteiger partial charge in [0.2, 0.25) is 5.91 Å². The van der Waals surface area contributed by atoms with Gasteiger partial charge in [-0.2, -0.15) is 0 Å². The van der Waals surface area contributed by atoms with Crippen LogP contribution in [0.15, 0.2) is 18.2 Å². The topological polar surface area (TPSA) is 29.1 Å². The molecule has 0 spiro atoms. The van der Waals surface area contributed by atoms with Gasteiger partial charge >= 0.3 is 0 Å². The van der Waals surface area contributed by atoms with E-state index in [1.807, 2.05) is 13.0 Å². The Bertz CT molecular complexity index is 410. The first-order chi connectivity index (χ1) is 7.08. The first-order valence-corrected chi connectivity index (χ1v) is 6.18. The lowest BCUT2D eigenvalue weighted by Gasteiger charge is -2.11. The van der Waals surface area contributed by atoms with Crippen LogP contribution in [0.4, 0.5) is 0 Å². The average Bonchev–Trinajstić information content (AvgIpc) is 2.46. The van der Waals surface area contributed by atoms with Crippen LogP contribution in [0, 0.1) is 0 Å². The second kappa shape index (κ2) is 4.24. The molecule has 5 heteroatoms. The Kier molecular flexibility index (Phi) is 3.14. The number of benzene rings is 1. The van der Waals surface area contributed by atoms with E-state index in [1.165, 1.54) is 0 Å². The molecule has 15 heavy (non-hydrogen) atoms. The minimum atomic E-state index is -0.0581. The summed E-state index contributed by atoms with van der Waals surface area (Å²) in [6.45, 7) is 1.88. The van der Waals surface area contributed by atoms with Crippen LogP contribution in [0.2, 0.25) is 10.0 Å². The number of amides is 1. The maximum atomic E-state index is 11.3. The van der Waals surface area contributed by atoms with E-state index in [1.54, 1.807) is 23.9 Å². The standard InChI is InChI=1S/C10H9Cl2NOS/c1-5-9(14)13-10(15-5)7-3-2-6(11)4-8(7)12/h2-5,10H,1H3,(H,13,14)/t5-,10-/m1/s1. The van der Waals surface area contributed by atoms with Crippen LogP contribution < -0.4 is 5.32 Å². The van der Waals surface area contributed by atoms with Gasteiger partial charge in [-0.25, -0.2) is 0 Å². The van der Waals surface area contributed by atoms with E-state index >= 15 is 0 Å². The highest BCUT2D eigenvalue weighted by molar-refractivity contribution is 8.01. The summed E-state index contributed by atoms with van der Waals surface area (Å²) < 4.78 is 0. The fourth-order valence-electron chi connectivity index (χ4n) is 1.41. The number of halogens is 2. The number of carbonyl (C=O) groups is 1. The van der Waals surface area contributed by atoms with Gasteiger partial charge in [-0.1, -0.05) is 29.3 Å². The third-order valence-electron chi connectivity index (χ3n) is 2.23. The fraction of sp³-hybridized carbons (Fsp3) is 0.300. The molecule has 1 N–H and O–H groups in total. The summed E-state index contributed by atoms with van der Waals surface area (Å²) in [4.78, 5) is 11.3. The van der Waals surface area contributed by atoms with Gasteiger partial charge in [-0.3, -0.25) is 4.79 Å². The van der Waals surface area contributed by atoms with Crippen LogP contribution in [0.5, 0.6) is 0 Å². The summed E-state index contributed by atoms with van der Waals surface area (Å²) in [7, 11) is 0. The quantitative estimate of drug-likeness (QED) is 0.841. The second-order valence-corrected chi connectivity index (χ2v) is 5.63. The zero-order valence-electron chi connectivity index (χ0n) is 7.96. The molecule has 80 valence electrons. The van der Waals surface area contributed by atoms with E-state index in [-0.39, 0.29) is 16.5 Å². The smallest absolute Gasteiger partial charge is 0.234 e. The maximum Gasteiger partial charge on any atom is 0.234 e. The van der Waals surface area contributed by atoms with E-state index in [0.29, 0.717) is 10.0 Å². The molecule has 1 aromatic carbocycles. The van der Waals surface area contributed by atoms with Gasteiger partial charge in [0.25, 0.3) is 0 Å². The van der Waals surface area contributed by atoms with Gasteiger partial charge in [-0.05, 0) is 19.1 Å². The highest BCUT2D eigenvalue weighted by Crippen LogP contribution is 2.39. The molecule has 1 aliphatic rings. The van der Waals surface area contributed by atoms with Crippen molar-refractivity contribution in [2.45, 2.75) is 17.5 Å². The molecule has 1 saturated heterocycles. The number of thioether (sulfide) groups is 1. The SMILES string of the molecule is C[C@H]1S[C@H](c2ccc(Cl)cc2Cl)NC1=O. The molecule has 1 aliphatic heterocycles. The Hall–Kier alpha value is -0.380. The molecule has 2 atom stereocenters. The van der Waals surface area contributed by atoms with Crippen molar-refractivity contribution in [3.8, 4) is 0 Å². The molecule has 0 bridgehead atoms. The van der Waals surface area contributed by atoms with E-state index in [4.69, 9.17) is 23.2 Å². The molecular formula is C10H9Cl2NOS. The van der Waals surface area contributed by atoms with E-state index in [0.717, 1.165) is 5.56 Å². The lowest BCUT2D eigenvalue weighted by atomic mass is 10.2. The Labute approximate surface area is 102 Å². The first kappa shape index (κ1) is 11.1. The third kappa shape index (κ3) is 2.25. The van der Waals surface area contributed by atoms with Crippen molar-refractivity contribution in [2.24, 2.45) is 0 Å². The fourth-order valence-corrected chi connectivity index (χ4v) is 3.13. The summed E-state index contributed by atoms with van der Waals surface area (Å²) in [6.07, 6.45) is 0. The maximum absolute atomic E-state index is 11.3. The number of nitrogens with one attached hydrogen (secondary N) is 1. The Morgan fingerprint density at radius 2 is 2.13 bits per heavy atom. The molecule has 0 aliphatic carbocycles. The highest BCUT2D eigenvalue weighted by atomic mass is 35.5. The zero-order chi connectivity index (χ0) is 11.0. The minimum Gasteiger partial charge on any atom is -0.339 e. The molecule has 0 aromatic heterocycles. The van der Waals surface area contributed by atoms with Crippen molar-refractivity contribution in [1.82, 2.24) is 5.32 Å². The first-order valence-electron chi connectivity index (χ1n) is 4.48. The van der Waals surface area contributed by atoms with Crippen molar-refractivity contribution in [3.05, 3.63) is 33.8 Å². The predicted molar refractivity (Wildman–Crippen MR) is 64.4 cm³/mol. The molecule has 2 rings (SSSR count). The molecular weight excluding hydrogens is 253 g/mol. The molecule has 0 saturated carbocycles. The largest absolute Gasteiger partial charge is 0.339 e.